The molecule has 24 nitrogen and oxygen atoms in total. The van der Waals surface area contributed by atoms with Crippen molar-refractivity contribution >= 4 is 59.6 Å². The quantitative estimate of drug-likeness (QED) is 0.0178. The van der Waals surface area contributed by atoms with Crippen LogP contribution >= 0.6 is 0 Å². The Bertz CT molecular complexity index is 2860. The molecule has 5 rings (SSSR count). The van der Waals surface area contributed by atoms with E-state index in [-0.39, 0.29) is 63.4 Å². The van der Waals surface area contributed by atoms with Gasteiger partial charge in [0.15, 0.2) is 0 Å². The van der Waals surface area contributed by atoms with E-state index in [9.17, 15) is 47.9 Å². The molecule has 0 bridgehead atoms. The lowest BCUT2D eigenvalue weighted by Crippen LogP contribution is -2.47. The van der Waals surface area contributed by atoms with Crippen LogP contribution in [0.1, 0.15) is 81.5 Å². The summed E-state index contributed by atoms with van der Waals surface area (Å²) in [6.07, 6.45) is 0.900. The van der Waals surface area contributed by atoms with Gasteiger partial charge in [-0.2, -0.15) is 0 Å². The maximum Gasteiger partial charge on any atom is 0.408 e. The molecule has 0 aliphatic carbocycles. The summed E-state index contributed by atoms with van der Waals surface area (Å²) in [5, 5.41) is 16.1. The smallest absolute Gasteiger partial charge is 0.408 e. The zero-order valence-electron chi connectivity index (χ0n) is 50.0. The first-order chi connectivity index (χ1) is 42.6. The van der Waals surface area contributed by atoms with Crippen LogP contribution in [-0.4, -0.2) is 162 Å². The van der Waals surface area contributed by atoms with E-state index in [1.54, 1.807) is 87.0 Å². The Kier molecular flexibility index (Phi) is 29.8. The summed E-state index contributed by atoms with van der Waals surface area (Å²) >= 11 is 0. The molecule has 6 N–H and O–H groups in total. The maximum absolute atomic E-state index is 14.5. The fourth-order valence-electron chi connectivity index (χ4n) is 8.74. The minimum absolute atomic E-state index is 0.0142. The van der Waals surface area contributed by atoms with Gasteiger partial charge in [0.2, 0.25) is 23.6 Å². The van der Waals surface area contributed by atoms with Crippen molar-refractivity contribution in [3.8, 4) is 11.5 Å². The van der Waals surface area contributed by atoms with Gasteiger partial charge < -0.3 is 70.1 Å². The number of carbonyl (C=O) groups is 10. The minimum Gasteiger partial charge on any atom is -0.497 e. The summed E-state index contributed by atoms with van der Waals surface area (Å²) in [4.78, 5) is 135. The average Bonchev–Trinajstić information content (AvgIpc) is 3.74. The van der Waals surface area contributed by atoms with Gasteiger partial charge in [-0.05, 0) is 116 Å². The summed E-state index contributed by atoms with van der Waals surface area (Å²) < 4.78 is 30.7. The first kappa shape index (κ1) is 68.8. The molecular weight excluding hydrogens is 1140 g/mol. The number of carbonyl (C=O) groups excluding carboxylic acids is 10. The topological polar surface area (TPSA) is 305 Å². The molecule has 0 radical (unpaired) electrons. The van der Waals surface area contributed by atoms with Gasteiger partial charge in [0.1, 0.15) is 63.0 Å². The minimum atomic E-state index is -1.04. The SMILES string of the molecule is COC(=O)[C@H](CCCCNC(=O)CN(CC(=O)NCCc1ccc(OC)cc1)C(=O)c1cccc(C(=O)N(CC(=O)NCCCC[C@H](NC(=O)OCc2ccccc2)C(=O)OC)CC(=O)NCCc2ccc(OC)cc2)c1)NC(=O)OCc1ccccc1. The first-order valence-corrected chi connectivity index (χ1v) is 28.7. The molecule has 5 aromatic carbocycles. The van der Waals surface area contributed by atoms with E-state index in [1.165, 1.54) is 38.5 Å². The summed E-state index contributed by atoms with van der Waals surface area (Å²) in [5.74, 6) is -4.08. The number of alkyl carbamates (subject to hydrolysis) is 2. The third-order valence-electron chi connectivity index (χ3n) is 13.5. The van der Waals surface area contributed by atoms with Gasteiger partial charge in [-0.15, -0.1) is 0 Å². The Labute approximate surface area is 511 Å². The van der Waals surface area contributed by atoms with Gasteiger partial charge in [0, 0.05) is 37.3 Å². The number of hydrogen-bond donors (Lipinski definition) is 6. The highest BCUT2D eigenvalue weighted by atomic mass is 16.6. The predicted octanol–water partition coefficient (Wildman–Crippen LogP) is 4.82. The average molecular weight is 1220 g/mol. The molecule has 0 aliphatic rings. The van der Waals surface area contributed by atoms with Crippen LogP contribution in [0.15, 0.2) is 133 Å². The Morgan fingerprint density at radius 2 is 0.750 bits per heavy atom. The number of nitrogens with zero attached hydrogens (tertiary/aromatic N) is 2. The number of benzene rings is 5. The summed E-state index contributed by atoms with van der Waals surface area (Å²) in [6.45, 7) is -1.78. The van der Waals surface area contributed by atoms with E-state index in [4.69, 9.17) is 28.4 Å². The highest BCUT2D eigenvalue weighted by Crippen LogP contribution is 2.16. The molecule has 0 saturated heterocycles. The summed E-state index contributed by atoms with van der Waals surface area (Å²) in [5.41, 5.74) is 3.13. The van der Waals surface area contributed by atoms with Gasteiger partial charge in [0.05, 0.1) is 28.4 Å². The fraction of sp³-hybridized carbons (Fsp3) is 0.375. The maximum atomic E-state index is 14.5. The zero-order valence-corrected chi connectivity index (χ0v) is 50.0. The van der Waals surface area contributed by atoms with Crippen molar-refractivity contribution in [1.82, 2.24) is 41.7 Å². The number of rotatable bonds is 36. The van der Waals surface area contributed by atoms with Gasteiger partial charge in [-0.25, -0.2) is 19.2 Å². The van der Waals surface area contributed by atoms with E-state index < -0.39 is 97.8 Å². The van der Waals surface area contributed by atoms with Crippen LogP contribution in [0, 0.1) is 0 Å². The number of hydrogen-bond acceptors (Lipinski definition) is 16. The molecule has 0 aromatic heterocycles. The molecule has 0 unspecified atom stereocenters. The monoisotopic (exact) mass is 1210 g/mol. The Morgan fingerprint density at radius 1 is 0.398 bits per heavy atom. The molecule has 0 heterocycles. The van der Waals surface area contributed by atoms with E-state index in [0.29, 0.717) is 50.0 Å². The zero-order chi connectivity index (χ0) is 63.5. The molecule has 8 amide bonds. The number of nitrogens with one attached hydrogen (secondary N) is 6. The Balaban J connectivity index is 1.24. The predicted molar refractivity (Wildman–Crippen MR) is 323 cm³/mol. The van der Waals surface area contributed by atoms with Crippen molar-refractivity contribution in [2.24, 2.45) is 0 Å². The normalized spacial score (nSPS) is 11.2. The fourth-order valence-corrected chi connectivity index (χ4v) is 8.74. The van der Waals surface area contributed by atoms with Crippen LogP contribution < -0.4 is 41.4 Å². The van der Waals surface area contributed by atoms with Crippen LogP contribution in [0.3, 0.4) is 0 Å². The number of esters is 2. The lowest BCUT2D eigenvalue weighted by atomic mass is 10.1. The number of unbranched alkanes of at least 4 members (excludes halogenated alkanes) is 2. The highest BCUT2D eigenvalue weighted by Gasteiger charge is 2.27. The largest absolute Gasteiger partial charge is 0.497 e. The number of ether oxygens (including phenoxy) is 6. The molecule has 24 heteroatoms. The van der Waals surface area contributed by atoms with Gasteiger partial charge in [-0.3, -0.25) is 28.8 Å². The Morgan fingerprint density at radius 3 is 1.09 bits per heavy atom. The molecule has 470 valence electrons. The van der Waals surface area contributed by atoms with E-state index in [2.05, 4.69) is 31.9 Å². The lowest BCUT2D eigenvalue weighted by Gasteiger charge is -2.24. The molecule has 0 fully saturated rings. The Hall–Kier alpha value is -10.0. The molecule has 0 saturated carbocycles. The van der Waals surface area contributed by atoms with Crippen molar-refractivity contribution < 1.29 is 76.4 Å². The summed E-state index contributed by atoms with van der Waals surface area (Å²) in [6, 6.07) is 35.9. The number of methoxy groups -OCH3 is 4. The van der Waals surface area contributed by atoms with Crippen LogP contribution in [0.4, 0.5) is 9.59 Å². The van der Waals surface area contributed by atoms with Crippen molar-refractivity contribution in [2.45, 2.75) is 76.7 Å². The third kappa shape index (κ3) is 25.3. The molecule has 5 aromatic rings. The second-order valence-electron chi connectivity index (χ2n) is 20.1. The third-order valence-corrected chi connectivity index (χ3v) is 13.5. The molecule has 0 aliphatic heterocycles. The van der Waals surface area contributed by atoms with Crippen LogP contribution in [0.2, 0.25) is 0 Å². The van der Waals surface area contributed by atoms with Gasteiger partial charge >= 0.3 is 24.1 Å². The van der Waals surface area contributed by atoms with Crippen molar-refractivity contribution in [1.29, 1.82) is 0 Å². The summed E-state index contributed by atoms with van der Waals surface area (Å²) in [7, 11) is 5.48. The molecular formula is C64H78N8O16. The molecule has 0 spiro atoms. The second kappa shape index (κ2) is 38.1. The second-order valence-corrected chi connectivity index (χ2v) is 20.1. The van der Waals surface area contributed by atoms with Crippen molar-refractivity contribution in [3.63, 3.8) is 0 Å². The van der Waals surface area contributed by atoms with Crippen LogP contribution in [0.5, 0.6) is 11.5 Å². The van der Waals surface area contributed by atoms with Crippen molar-refractivity contribution in [3.05, 3.63) is 167 Å². The van der Waals surface area contributed by atoms with Crippen LogP contribution in [-0.2, 0) is 73.8 Å². The molecule has 2 atom stereocenters. The van der Waals surface area contributed by atoms with Gasteiger partial charge in [-0.1, -0.05) is 91.0 Å². The van der Waals surface area contributed by atoms with Gasteiger partial charge in [0.25, 0.3) is 11.8 Å². The van der Waals surface area contributed by atoms with Crippen molar-refractivity contribution in [2.75, 3.05) is 80.8 Å². The van der Waals surface area contributed by atoms with E-state index >= 15 is 0 Å². The molecule has 88 heavy (non-hydrogen) atoms. The lowest BCUT2D eigenvalue weighted by molar-refractivity contribution is -0.144. The first-order valence-electron chi connectivity index (χ1n) is 28.7. The van der Waals surface area contributed by atoms with E-state index in [1.807, 2.05) is 36.4 Å². The number of amides is 8. The standard InChI is InChI=1S/C64H78N8O16/c1-83-51-28-24-45(25-29-51)32-36-67-57(75)41-71(39-55(73)65-34-13-11-22-53(61(79)85-3)69-63(81)87-43-47-16-7-5-8-17-47)59(77)49-20-15-21-50(38-49)60(78)72(42-58(76)68-37-33-46-26-30-52(84-2)31-27-46)40-56(74)66-35-14-12-23-54(62(80)86-4)70-64(82)88-44-48-18-9-6-10-19-48/h5-10,15-21,24-31,38,53-54H,11-14,22-23,32-37,39-44H2,1-4H3,(H,65,73)(H,66,74)(H,67,75)(H,68,76)(H,69,81)(H,70,82)/t53-,54-/m0/s1. The highest BCUT2D eigenvalue weighted by molar-refractivity contribution is 6.03. The van der Waals surface area contributed by atoms with E-state index in [0.717, 1.165) is 32.1 Å². The van der Waals surface area contributed by atoms with Crippen LogP contribution in [0.25, 0.3) is 0 Å².